The van der Waals surface area contributed by atoms with E-state index in [1.807, 2.05) is 0 Å². The third-order valence-electron chi connectivity index (χ3n) is 3.66. The number of hydrogen-bond donors (Lipinski definition) is 1. The molecule has 1 aliphatic rings. The molecule has 6 nitrogen and oxygen atoms in total. The van der Waals surface area contributed by atoms with Crippen LogP contribution in [0.5, 0.6) is 0 Å². The molecule has 2 amide bonds. The average Bonchev–Trinajstić information content (AvgIpc) is 2.71. The zero-order valence-electron chi connectivity index (χ0n) is 11.9. The highest BCUT2D eigenvalue weighted by atomic mass is 16.4. The van der Waals surface area contributed by atoms with Crippen molar-refractivity contribution in [2.24, 2.45) is 0 Å². The summed E-state index contributed by atoms with van der Waals surface area (Å²) in [5, 5.41) is 8.92. The summed E-state index contributed by atoms with van der Waals surface area (Å²) < 4.78 is 0. The Bertz CT molecular complexity index is 603. The van der Waals surface area contributed by atoms with Gasteiger partial charge in [-0.25, -0.2) is 4.79 Å². The first-order valence-electron chi connectivity index (χ1n) is 6.43. The van der Waals surface area contributed by atoms with Crippen LogP contribution in [0.1, 0.15) is 22.8 Å². The third kappa shape index (κ3) is 2.52. The van der Waals surface area contributed by atoms with Gasteiger partial charge in [0.25, 0.3) is 5.91 Å². The van der Waals surface area contributed by atoms with Crippen LogP contribution >= 0.6 is 0 Å². The van der Waals surface area contributed by atoms with E-state index in [-0.39, 0.29) is 12.5 Å². The monoisotopic (exact) mass is 288 g/mol. The molecule has 0 saturated heterocycles. The molecule has 1 atom stereocenters. The number of carbonyl (C=O) groups excluding carboxylic acids is 2. The summed E-state index contributed by atoms with van der Waals surface area (Å²) >= 11 is 0. The first-order valence-corrected chi connectivity index (χ1v) is 6.43. The van der Waals surface area contributed by atoms with E-state index in [4.69, 9.17) is 5.11 Å². The van der Waals surface area contributed by atoms with Gasteiger partial charge < -0.3 is 10.0 Å². The molecule has 0 bridgehead atoms. The van der Waals surface area contributed by atoms with E-state index in [1.54, 1.807) is 24.3 Å². The standard InChI is InChI=1S/C15H16N2O4/c1-9-11-6-4-5-7-12(11)14(19)17(9)8-13(18)16(3)10(2)15(20)21/h4-7,10H,1,8H2,2-3H3,(H,20,21). The maximum Gasteiger partial charge on any atom is 0.326 e. The number of carboxylic acids is 1. The summed E-state index contributed by atoms with van der Waals surface area (Å²) in [6, 6.07) is 6.03. The molecule has 0 aliphatic carbocycles. The average molecular weight is 288 g/mol. The van der Waals surface area contributed by atoms with Crippen LogP contribution in [0.15, 0.2) is 30.8 Å². The number of amides is 2. The first kappa shape index (κ1) is 14.8. The summed E-state index contributed by atoms with van der Waals surface area (Å²) in [6.45, 7) is 5.03. The van der Waals surface area contributed by atoms with Crippen LogP contribution in [-0.4, -0.2) is 52.3 Å². The van der Waals surface area contributed by atoms with E-state index in [0.717, 1.165) is 4.90 Å². The smallest absolute Gasteiger partial charge is 0.326 e. The predicted molar refractivity (Wildman–Crippen MR) is 76.4 cm³/mol. The zero-order chi connectivity index (χ0) is 15.7. The third-order valence-corrected chi connectivity index (χ3v) is 3.66. The van der Waals surface area contributed by atoms with Crippen molar-refractivity contribution in [3.8, 4) is 0 Å². The van der Waals surface area contributed by atoms with Crippen LogP contribution in [0.2, 0.25) is 0 Å². The molecule has 1 aliphatic heterocycles. The lowest BCUT2D eigenvalue weighted by atomic mass is 10.1. The van der Waals surface area contributed by atoms with Crippen LogP contribution in [-0.2, 0) is 9.59 Å². The maximum absolute atomic E-state index is 12.2. The van der Waals surface area contributed by atoms with E-state index >= 15 is 0 Å². The molecule has 110 valence electrons. The quantitative estimate of drug-likeness (QED) is 0.898. The minimum absolute atomic E-state index is 0.222. The molecule has 0 saturated carbocycles. The fourth-order valence-corrected chi connectivity index (χ4v) is 2.13. The van der Waals surface area contributed by atoms with Crippen molar-refractivity contribution in [3.63, 3.8) is 0 Å². The Kier molecular flexibility index (Phi) is 3.80. The number of benzene rings is 1. The lowest BCUT2D eigenvalue weighted by Gasteiger charge is -2.25. The highest BCUT2D eigenvalue weighted by molar-refractivity contribution is 6.10. The molecule has 1 unspecified atom stereocenters. The fraction of sp³-hybridized carbons (Fsp3) is 0.267. The molecule has 2 rings (SSSR count). The van der Waals surface area contributed by atoms with Crippen LogP contribution in [0.4, 0.5) is 0 Å². The number of nitrogens with zero attached hydrogens (tertiary/aromatic N) is 2. The zero-order valence-corrected chi connectivity index (χ0v) is 11.9. The Morgan fingerprint density at radius 1 is 1.33 bits per heavy atom. The Morgan fingerprint density at radius 2 is 1.90 bits per heavy atom. The van der Waals surface area contributed by atoms with Gasteiger partial charge >= 0.3 is 5.97 Å². The van der Waals surface area contributed by atoms with Gasteiger partial charge in [0.2, 0.25) is 5.91 Å². The van der Waals surface area contributed by atoms with Gasteiger partial charge in [-0.05, 0) is 13.0 Å². The Balaban J connectivity index is 2.15. The minimum atomic E-state index is -1.10. The SMILES string of the molecule is C=C1c2ccccc2C(=O)N1CC(=O)N(C)C(C)C(=O)O. The maximum atomic E-state index is 12.2. The fourth-order valence-electron chi connectivity index (χ4n) is 2.13. The van der Waals surface area contributed by atoms with E-state index in [0.29, 0.717) is 16.8 Å². The first-order chi connectivity index (χ1) is 9.84. The molecule has 1 N–H and O–H groups in total. The number of carbonyl (C=O) groups is 3. The van der Waals surface area contributed by atoms with Gasteiger partial charge in [-0.15, -0.1) is 0 Å². The van der Waals surface area contributed by atoms with Crippen molar-refractivity contribution in [2.75, 3.05) is 13.6 Å². The summed E-state index contributed by atoms with van der Waals surface area (Å²) in [5.74, 6) is -1.84. The molecule has 6 heteroatoms. The van der Waals surface area contributed by atoms with Crippen LogP contribution in [0.3, 0.4) is 0 Å². The molecular formula is C15H16N2O4. The number of likely N-dealkylation sites (N-methyl/N-ethyl adjacent to an activating group) is 1. The highest BCUT2D eigenvalue weighted by Gasteiger charge is 2.33. The van der Waals surface area contributed by atoms with Gasteiger partial charge in [0.15, 0.2) is 0 Å². The van der Waals surface area contributed by atoms with Crippen LogP contribution in [0, 0.1) is 0 Å². The normalized spacial score (nSPS) is 14.9. The second kappa shape index (κ2) is 5.40. The van der Waals surface area contributed by atoms with Crippen molar-refractivity contribution < 1.29 is 19.5 Å². The second-order valence-corrected chi connectivity index (χ2v) is 4.90. The van der Waals surface area contributed by atoms with Crippen LogP contribution < -0.4 is 0 Å². The summed E-state index contributed by atoms with van der Waals surface area (Å²) in [7, 11) is 1.40. The van der Waals surface area contributed by atoms with Gasteiger partial charge in [-0.3, -0.25) is 14.5 Å². The Hall–Kier alpha value is -2.63. The van der Waals surface area contributed by atoms with Gasteiger partial charge in [0.05, 0.1) is 0 Å². The largest absolute Gasteiger partial charge is 0.480 e. The van der Waals surface area contributed by atoms with Crippen molar-refractivity contribution >= 4 is 23.5 Å². The number of rotatable bonds is 4. The van der Waals surface area contributed by atoms with Crippen LogP contribution in [0.25, 0.3) is 5.70 Å². The molecule has 0 fully saturated rings. The van der Waals surface area contributed by atoms with E-state index in [1.165, 1.54) is 18.9 Å². The number of fused-ring (bicyclic) bond motifs is 1. The number of hydrogen-bond acceptors (Lipinski definition) is 3. The Labute approximate surface area is 122 Å². The van der Waals surface area contributed by atoms with Gasteiger partial charge in [-0.2, -0.15) is 0 Å². The highest BCUT2D eigenvalue weighted by Crippen LogP contribution is 2.30. The second-order valence-electron chi connectivity index (χ2n) is 4.90. The lowest BCUT2D eigenvalue weighted by molar-refractivity contribution is -0.148. The molecule has 1 aromatic carbocycles. The summed E-state index contributed by atoms with van der Waals surface area (Å²) in [4.78, 5) is 37.6. The number of aliphatic carboxylic acids is 1. The minimum Gasteiger partial charge on any atom is -0.480 e. The summed E-state index contributed by atoms with van der Waals surface area (Å²) in [5.41, 5.74) is 1.66. The lowest BCUT2D eigenvalue weighted by Crippen LogP contribution is -2.45. The predicted octanol–water partition coefficient (Wildman–Crippen LogP) is 1.04. The van der Waals surface area contributed by atoms with Gasteiger partial charge in [0, 0.05) is 23.9 Å². The van der Waals surface area contributed by atoms with Crippen molar-refractivity contribution in [1.82, 2.24) is 9.80 Å². The molecule has 0 spiro atoms. The van der Waals surface area contributed by atoms with E-state index in [9.17, 15) is 14.4 Å². The van der Waals surface area contributed by atoms with Crippen molar-refractivity contribution in [2.45, 2.75) is 13.0 Å². The summed E-state index contributed by atoms with van der Waals surface area (Å²) in [6.07, 6.45) is 0. The van der Waals surface area contributed by atoms with Gasteiger partial charge in [0.1, 0.15) is 12.6 Å². The molecule has 21 heavy (non-hydrogen) atoms. The van der Waals surface area contributed by atoms with Crippen molar-refractivity contribution in [3.05, 3.63) is 42.0 Å². The molecule has 0 aromatic heterocycles. The van der Waals surface area contributed by atoms with Crippen molar-refractivity contribution in [1.29, 1.82) is 0 Å². The molecule has 1 heterocycles. The molecule has 1 aromatic rings. The van der Waals surface area contributed by atoms with Gasteiger partial charge in [-0.1, -0.05) is 24.8 Å². The van der Waals surface area contributed by atoms with E-state index < -0.39 is 17.9 Å². The number of carboxylic acid groups (broad SMARTS) is 1. The Morgan fingerprint density at radius 3 is 2.43 bits per heavy atom. The van der Waals surface area contributed by atoms with E-state index in [2.05, 4.69) is 6.58 Å². The molecule has 0 radical (unpaired) electrons. The topological polar surface area (TPSA) is 77.9 Å². The molecular weight excluding hydrogens is 272 g/mol.